The van der Waals surface area contributed by atoms with E-state index in [0.717, 1.165) is 23.2 Å². The molecule has 2 aliphatic heterocycles. The number of nitrogens with zero attached hydrogens (tertiary/aromatic N) is 2. The van der Waals surface area contributed by atoms with E-state index in [-0.39, 0.29) is 23.5 Å². The number of hydrogen-bond acceptors (Lipinski definition) is 4. The van der Waals surface area contributed by atoms with Crippen molar-refractivity contribution in [3.05, 3.63) is 65.0 Å². The highest BCUT2D eigenvalue weighted by Crippen LogP contribution is 2.34. The summed E-state index contributed by atoms with van der Waals surface area (Å²) in [5, 5.41) is 10.9. The van der Waals surface area contributed by atoms with Crippen LogP contribution in [0.15, 0.2) is 42.5 Å². The van der Waals surface area contributed by atoms with Crippen LogP contribution in [0.4, 0.5) is 10.1 Å². The van der Waals surface area contributed by atoms with Crippen molar-refractivity contribution in [3.63, 3.8) is 0 Å². The van der Waals surface area contributed by atoms with Gasteiger partial charge in [-0.05, 0) is 67.6 Å². The summed E-state index contributed by atoms with van der Waals surface area (Å²) in [6.07, 6.45) is 1.76. The number of carbonyl (C=O) groups excluding carboxylic acids is 2. The Bertz CT molecular complexity index is 965. The molecule has 2 heterocycles. The Kier molecular flexibility index (Phi) is 5.47. The van der Waals surface area contributed by atoms with Crippen molar-refractivity contribution in [2.75, 3.05) is 24.5 Å². The summed E-state index contributed by atoms with van der Waals surface area (Å²) in [6, 6.07) is 11.7. The van der Waals surface area contributed by atoms with Crippen LogP contribution in [0.2, 0.25) is 0 Å². The maximum absolute atomic E-state index is 13.2. The van der Waals surface area contributed by atoms with E-state index in [1.165, 1.54) is 12.1 Å². The molecule has 0 radical (unpaired) electrons. The van der Waals surface area contributed by atoms with Crippen molar-refractivity contribution in [3.8, 4) is 0 Å². The molecule has 30 heavy (non-hydrogen) atoms. The lowest BCUT2D eigenvalue weighted by atomic mass is 9.84. The molecule has 5 nitrogen and oxygen atoms in total. The first-order valence-corrected chi connectivity index (χ1v) is 10.4. The van der Waals surface area contributed by atoms with Crippen molar-refractivity contribution < 1.29 is 19.1 Å². The maximum Gasteiger partial charge on any atom is 0.224 e. The molecular weight excluding hydrogens is 383 g/mol. The Labute approximate surface area is 176 Å². The third-order valence-corrected chi connectivity index (χ3v) is 6.39. The first kappa shape index (κ1) is 20.7. The fourth-order valence-corrected chi connectivity index (χ4v) is 4.71. The van der Waals surface area contributed by atoms with Crippen LogP contribution in [0.5, 0.6) is 0 Å². The summed E-state index contributed by atoms with van der Waals surface area (Å²) in [4.78, 5) is 28.6. The van der Waals surface area contributed by atoms with E-state index in [2.05, 4.69) is 4.90 Å². The zero-order chi connectivity index (χ0) is 21.5. The molecule has 0 spiro atoms. The van der Waals surface area contributed by atoms with Gasteiger partial charge in [-0.2, -0.15) is 0 Å². The van der Waals surface area contributed by atoms with Crippen LogP contribution < -0.4 is 4.90 Å². The first-order chi connectivity index (χ1) is 14.3. The number of amides is 1. The van der Waals surface area contributed by atoms with E-state index in [1.807, 2.05) is 19.1 Å². The van der Waals surface area contributed by atoms with E-state index < -0.39 is 5.60 Å². The number of fused-ring (bicyclic) bond motifs is 1. The smallest absolute Gasteiger partial charge is 0.224 e. The lowest BCUT2D eigenvalue weighted by Gasteiger charge is -2.38. The number of aliphatic hydroxyl groups is 1. The zero-order valence-corrected chi connectivity index (χ0v) is 17.4. The predicted octanol–water partition coefficient (Wildman–Crippen LogP) is 3.29. The number of hydrogen-bond donors (Lipinski definition) is 1. The van der Waals surface area contributed by atoms with E-state index in [1.54, 1.807) is 30.0 Å². The fraction of sp³-hybridized carbons (Fsp3) is 0.417. The summed E-state index contributed by atoms with van der Waals surface area (Å²) in [7, 11) is 0. The number of ketones is 1. The lowest BCUT2D eigenvalue weighted by molar-refractivity contribution is -0.116. The zero-order valence-electron chi connectivity index (χ0n) is 17.4. The number of carbonyl (C=O) groups is 2. The fourth-order valence-electron chi connectivity index (χ4n) is 4.71. The topological polar surface area (TPSA) is 60.9 Å². The highest BCUT2D eigenvalue weighted by Gasteiger charge is 2.35. The molecule has 6 heteroatoms. The number of anilines is 1. The predicted molar refractivity (Wildman–Crippen MR) is 113 cm³/mol. The quantitative estimate of drug-likeness (QED) is 0.786. The molecule has 2 aliphatic rings. The maximum atomic E-state index is 13.2. The van der Waals surface area contributed by atoms with Gasteiger partial charge in [-0.3, -0.25) is 14.5 Å². The minimum absolute atomic E-state index is 0.0160. The van der Waals surface area contributed by atoms with Gasteiger partial charge in [0.2, 0.25) is 5.91 Å². The molecule has 4 rings (SSSR count). The minimum atomic E-state index is -0.979. The van der Waals surface area contributed by atoms with Gasteiger partial charge in [-0.15, -0.1) is 0 Å². The van der Waals surface area contributed by atoms with E-state index in [0.29, 0.717) is 38.0 Å². The molecule has 1 atom stereocenters. The van der Waals surface area contributed by atoms with Gasteiger partial charge in [-0.1, -0.05) is 12.1 Å². The Morgan fingerprint density at radius 3 is 2.43 bits per heavy atom. The van der Waals surface area contributed by atoms with Crippen molar-refractivity contribution in [1.29, 1.82) is 0 Å². The Hall–Kier alpha value is -2.57. The Morgan fingerprint density at radius 1 is 1.13 bits per heavy atom. The molecule has 1 fully saturated rings. The van der Waals surface area contributed by atoms with Crippen molar-refractivity contribution >= 4 is 17.4 Å². The van der Waals surface area contributed by atoms with Gasteiger partial charge in [0.15, 0.2) is 5.78 Å². The average Bonchev–Trinajstić information content (AvgIpc) is 3.05. The molecule has 2 aromatic rings. The van der Waals surface area contributed by atoms with E-state index >= 15 is 0 Å². The average molecular weight is 410 g/mol. The SMILES string of the molecule is CC(=O)N1c2ccc(C(=O)CN3CCC(O)(c4ccc(F)cc4)CC3)cc2C[C@@H]1C. The molecular formula is C24H27FN2O3. The van der Waals surface area contributed by atoms with Crippen LogP contribution in [-0.4, -0.2) is 47.4 Å². The highest BCUT2D eigenvalue weighted by atomic mass is 19.1. The normalized spacial score (nSPS) is 20.8. The molecule has 1 saturated heterocycles. The second kappa shape index (κ2) is 7.93. The van der Waals surface area contributed by atoms with Crippen LogP contribution >= 0.6 is 0 Å². The summed E-state index contributed by atoms with van der Waals surface area (Å²) in [6.45, 7) is 5.07. The van der Waals surface area contributed by atoms with Gasteiger partial charge in [-0.25, -0.2) is 4.39 Å². The largest absolute Gasteiger partial charge is 0.385 e. The number of benzene rings is 2. The first-order valence-electron chi connectivity index (χ1n) is 10.4. The van der Waals surface area contributed by atoms with Crippen molar-refractivity contribution in [2.24, 2.45) is 0 Å². The number of likely N-dealkylation sites (tertiary alicyclic amines) is 1. The number of piperidine rings is 1. The van der Waals surface area contributed by atoms with Crippen LogP contribution in [0, 0.1) is 5.82 Å². The van der Waals surface area contributed by atoms with Gasteiger partial charge in [0.25, 0.3) is 0 Å². The molecule has 1 N–H and O–H groups in total. The second-order valence-electron chi connectivity index (χ2n) is 8.52. The van der Waals surface area contributed by atoms with Gasteiger partial charge in [0, 0.05) is 37.3 Å². The van der Waals surface area contributed by atoms with Gasteiger partial charge in [0.05, 0.1) is 12.1 Å². The number of halogens is 1. The van der Waals surface area contributed by atoms with Crippen LogP contribution in [-0.2, 0) is 16.8 Å². The standard InChI is InChI=1S/C24H27FN2O3/c1-16-13-19-14-18(3-8-22(19)27(16)17(2)28)23(29)15-26-11-9-24(30,10-12-26)20-4-6-21(25)7-5-20/h3-8,14,16,30H,9-13,15H2,1-2H3/t16-/m0/s1. The molecule has 158 valence electrons. The monoisotopic (exact) mass is 410 g/mol. The molecule has 0 aromatic heterocycles. The Morgan fingerprint density at radius 2 is 1.80 bits per heavy atom. The molecule has 0 unspecified atom stereocenters. The minimum Gasteiger partial charge on any atom is -0.385 e. The highest BCUT2D eigenvalue weighted by molar-refractivity contribution is 6.00. The molecule has 0 bridgehead atoms. The lowest BCUT2D eigenvalue weighted by Crippen LogP contribution is -2.44. The third-order valence-electron chi connectivity index (χ3n) is 6.39. The van der Waals surface area contributed by atoms with Crippen LogP contribution in [0.25, 0.3) is 0 Å². The summed E-state index contributed by atoms with van der Waals surface area (Å²) in [5.41, 5.74) is 2.33. The molecule has 0 aliphatic carbocycles. The van der Waals surface area contributed by atoms with Crippen molar-refractivity contribution in [1.82, 2.24) is 4.90 Å². The molecule has 1 amide bonds. The third kappa shape index (κ3) is 3.89. The van der Waals surface area contributed by atoms with Crippen LogP contribution in [0.1, 0.15) is 48.2 Å². The summed E-state index contributed by atoms with van der Waals surface area (Å²) < 4.78 is 13.2. The molecule has 0 saturated carbocycles. The van der Waals surface area contributed by atoms with Crippen LogP contribution in [0.3, 0.4) is 0 Å². The molecule has 2 aromatic carbocycles. The second-order valence-corrected chi connectivity index (χ2v) is 8.52. The van der Waals surface area contributed by atoms with Gasteiger partial charge < -0.3 is 10.0 Å². The van der Waals surface area contributed by atoms with Gasteiger partial charge in [0.1, 0.15) is 5.82 Å². The van der Waals surface area contributed by atoms with E-state index in [4.69, 9.17) is 0 Å². The van der Waals surface area contributed by atoms with Gasteiger partial charge >= 0.3 is 0 Å². The van der Waals surface area contributed by atoms with Crippen molar-refractivity contribution in [2.45, 2.75) is 44.8 Å². The summed E-state index contributed by atoms with van der Waals surface area (Å²) in [5.74, 6) is -0.262. The number of rotatable bonds is 4. The van der Waals surface area contributed by atoms with E-state index in [9.17, 15) is 19.1 Å². The summed E-state index contributed by atoms with van der Waals surface area (Å²) >= 11 is 0. The number of Topliss-reactive ketones (excluding diaryl/α,β-unsaturated/α-hetero) is 1. The Balaban J connectivity index is 1.39.